The Kier molecular flexibility index (Phi) is 7.60. The summed E-state index contributed by atoms with van der Waals surface area (Å²) in [6, 6.07) is 12.9. The van der Waals surface area contributed by atoms with Crippen LogP contribution in [0.5, 0.6) is 11.5 Å². The molecule has 1 saturated carbocycles. The molecule has 0 bridgehead atoms. The number of rotatable bonds is 10. The molecular weight excluding hydrogens is 553 g/mol. The first-order chi connectivity index (χ1) is 20.5. The number of nitrogens with zero attached hydrogens (tertiary/aromatic N) is 2. The zero-order chi connectivity index (χ0) is 30.4. The van der Waals surface area contributed by atoms with Crippen LogP contribution in [0, 0.1) is 5.82 Å². The monoisotopic (exact) mass is 589 g/mol. The fraction of sp³-hybridized carbons (Fsp3) is 0.424. The van der Waals surface area contributed by atoms with Gasteiger partial charge in [0.15, 0.2) is 5.78 Å². The standard InChI is InChI=1S/C33H36FN3O6/c1-32(31(35)39)19-42-30-24(32)18-28(36-29(30)20-3-6-22(34)7-4-20)33(2,40)12-11-26(38)21-5-10-27(43-23-8-9-23)25(17-21)37-13-15-41-16-14-37/h3-7,10,17-18,23,40H,8-9,11-16,19H2,1-2H3,(H2,35,39)/t32-,33-/m0/s1. The summed E-state index contributed by atoms with van der Waals surface area (Å²) in [5.74, 6) is 0.0244. The van der Waals surface area contributed by atoms with Gasteiger partial charge in [-0.25, -0.2) is 9.37 Å². The molecule has 2 fully saturated rings. The summed E-state index contributed by atoms with van der Waals surface area (Å²) in [7, 11) is 0. The molecule has 0 spiro atoms. The van der Waals surface area contributed by atoms with E-state index in [1.54, 1.807) is 38.1 Å². The second-order valence-electron chi connectivity index (χ2n) is 12.0. The molecule has 43 heavy (non-hydrogen) atoms. The first kappa shape index (κ1) is 29.1. The lowest BCUT2D eigenvalue weighted by Gasteiger charge is -2.30. The number of halogens is 1. The molecule has 0 unspecified atom stereocenters. The van der Waals surface area contributed by atoms with Crippen LogP contribution in [-0.4, -0.2) is 60.8 Å². The largest absolute Gasteiger partial charge is 0.489 e. The molecule has 1 aromatic heterocycles. The SMILES string of the molecule is C[C@](O)(CCC(=O)c1ccc(OC2CC2)c(N2CCOCC2)c1)c1cc2c(c(-c3ccc(F)cc3)n1)OC[C@]2(C)C(N)=O. The summed E-state index contributed by atoms with van der Waals surface area (Å²) in [6.07, 6.45) is 2.40. The van der Waals surface area contributed by atoms with Gasteiger partial charge in [0.2, 0.25) is 5.91 Å². The number of fused-ring (bicyclic) bond motifs is 1. The van der Waals surface area contributed by atoms with Gasteiger partial charge in [0, 0.05) is 36.2 Å². The van der Waals surface area contributed by atoms with Crippen molar-refractivity contribution in [3.8, 4) is 22.8 Å². The Morgan fingerprint density at radius 3 is 2.56 bits per heavy atom. The van der Waals surface area contributed by atoms with Crippen molar-refractivity contribution in [2.75, 3.05) is 37.8 Å². The molecule has 1 aliphatic carbocycles. The number of hydrogen-bond donors (Lipinski definition) is 2. The van der Waals surface area contributed by atoms with E-state index >= 15 is 0 Å². The summed E-state index contributed by atoms with van der Waals surface area (Å²) in [6.45, 7) is 5.93. The van der Waals surface area contributed by atoms with Crippen molar-refractivity contribution in [1.29, 1.82) is 0 Å². The Balaban J connectivity index is 1.28. The van der Waals surface area contributed by atoms with E-state index in [-0.39, 0.29) is 37.0 Å². The quantitative estimate of drug-likeness (QED) is 0.336. The first-order valence-electron chi connectivity index (χ1n) is 14.7. The Labute approximate surface area is 249 Å². The maximum Gasteiger partial charge on any atom is 0.231 e. The molecule has 9 nitrogen and oxygen atoms in total. The Hall–Kier alpha value is -4.02. The van der Waals surface area contributed by atoms with Crippen molar-refractivity contribution < 1.29 is 33.3 Å². The van der Waals surface area contributed by atoms with Crippen molar-refractivity contribution in [2.45, 2.75) is 56.7 Å². The molecule has 3 aliphatic rings. The number of anilines is 1. The lowest BCUT2D eigenvalue weighted by molar-refractivity contribution is -0.123. The molecule has 226 valence electrons. The second-order valence-corrected chi connectivity index (χ2v) is 12.0. The van der Waals surface area contributed by atoms with Gasteiger partial charge >= 0.3 is 0 Å². The Morgan fingerprint density at radius 1 is 1.16 bits per heavy atom. The second kappa shape index (κ2) is 11.2. The van der Waals surface area contributed by atoms with Crippen LogP contribution < -0.4 is 20.1 Å². The van der Waals surface area contributed by atoms with Gasteiger partial charge in [0.05, 0.1) is 30.7 Å². The van der Waals surface area contributed by atoms with Crippen LogP contribution >= 0.6 is 0 Å². The predicted octanol–water partition coefficient (Wildman–Crippen LogP) is 4.27. The fourth-order valence-corrected chi connectivity index (χ4v) is 5.50. The molecule has 2 aliphatic heterocycles. The zero-order valence-corrected chi connectivity index (χ0v) is 24.4. The van der Waals surface area contributed by atoms with Crippen LogP contribution in [0.4, 0.5) is 10.1 Å². The van der Waals surface area contributed by atoms with Crippen molar-refractivity contribution in [3.05, 3.63) is 71.2 Å². The van der Waals surface area contributed by atoms with Gasteiger partial charge in [-0.15, -0.1) is 0 Å². The minimum absolute atomic E-state index is 0.0174. The maximum atomic E-state index is 13.7. The normalized spacial score (nSPS) is 21.1. The number of ether oxygens (including phenoxy) is 3. The molecule has 10 heteroatoms. The van der Waals surface area contributed by atoms with E-state index in [1.807, 2.05) is 12.1 Å². The number of nitrogens with two attached hydrogens (primary N) is 1. The average molecular weight is 590 g/mol. The van der Waals surface area contributed by atoms with Crippen LogP contribution in [0.15, 0.2) is 48.5 Å². The number of carbonyl (C=O) groups excluding carboxylic acids is 2. The molecule has 3 heterocycles. The summed E-state index contributed by atoms with van der Waals surface area (Å²) >= 11 is 0. The summed E-state index contributed by atoms with van der Waals surface area (Å²) < 4.78 is 31.2. The molecule has 3 aromatic rings. The number of Topliss-reactive ketones (excluding diaryl/α,β-unsaturated/α-hetero) is 1. The van der Waals surface area contributed by atoms with E-state index in [0.29, 0.717) is 54.4 Å². The molecule has 1 saturated heterocycles. The summed E-state index contributed by atoms with van der Waals surface area (Å²) in [5, 5.41) is 11.7. The lowest BCUT2D eigenvalue weighted by Crippen LogP contribution is -2.40. The van der Waals surface area contributed by atoms with Gasteiger partial charge in [-0.05, 0) is 81.6 Å². The number of aliphatic hydroxyl groups is 1. The van der Waals surface area contributed by atoms with Crippen LogP contribution in [0.3, 0.4) is 0 Å². The van der Waals surface area contributed by atoms with Crippen molar-refractivity contribution >= 4 is 17.4 Å². The van der Waals surface area contributed by atoms with Crippen molar-refractivity contribution in [3.63, 3.8) is 0 Å². The highest BCUT2D eigenvalue weighted by atomic mass is 19.1. The van der Waals surface area contributed by atoms with Gasteiger partial charge in [0.1, 0.15) is 40.6 Å². The van der Waals surface area contributed by atoms with E-state index in [0.717, 1.165) is 24.3 Å². The van der Waals surface area contributed by atoms with Gasteiger partial charge in [-0.1, -0.05) is 0 Å². The third kappa shape index (κ3) is 5.81. The van der Waals surface area contributed by atoms with Crippen LogP contribution in [-0.2, 0) is 20.5 Å². The highest BCUT2D eigenvalue weighted by Gasteiger charge is 2.45. The van der Waals surface area contributed by atoms with Crippen LogP contribution in [0.1, 0.15) is 61.1 Å². The molecule has 6 rings (SSSR count). The van der Waals surface area contributed by atoms with E-state index in [9.17, 15) is 19.1 Å². The maximum absolute atomic E-state index is 13.7. The van der Waals surface area contributed by atoms with Crippen LogP contribution in [0.25, 0.3) is 11.3 Å². The van der Waals surface area contributed by atoms with Gasteiger partial charge < -0.3 is 30.0 Å². The van der Waals surface area contributed by atoms with E-state index < -0.39 is 22.7 Å². The average Bonchev–Trinajstić information content (AvgIpc) is 3.76. The molecule has 3 N–H and O–H groups in total. The van der Waals surface area contributed by atoms with E-state index in [1.165, 1.54) is 12.1 Å². The number of carbonyl (C=O) groups is 2. The highest BCUT2D eigenvalue weighted by molar-refractivity contribution is 5.97. The minimum Gasteiger partial charge on any atom is -0.489 e. The number of amides is 1. The fourth-order valence-electron chi connectivity index (χ4n) is 5.50. The zero-order valence-electron chi connectivity index (χ0n) is 24.4. The first-order valence-corrected chi connectivity index (χ1v) is 14.7. The Morgan fingerprint density at radius 2 is 1.88 bits per heavy atom. The third-order valence-electron chi connectivity index (χ3n) is 8.58. The van der Waals surface area contributed by atoms with Crippen LogP contribution in [0.2, 0.25) is 0 Å². The number of aromatic nitrogens is 1. The highest BCUT2D eigenvalue weighted by Crippen LogP contribution is 2.46. The van der Waals surface area contributed by atoms with Gasteiger partial charge in [-0.2, -0.15) is 0 Å². The van der Waals surface area contributed by atoms with E-state index in [4.69, 9.17) is 24.9 Å². The number of primary amides is 1. The molecule has 0 radical (unpaired) electrons. The molecule has 1 amide bonds. The predicted molar refractivity (Wildman–Crippen MR) is 158 cm³/mol. The Bertz CT molecular complexity index is 1550. The number of ketones is 1. The van der Waals surface area contributed by atoms with Gasteiger partial charge in [0.25, 0.3) is 0 Å². The number of hydrogen-bond acceptors (Lipinski definition) is 8. The molecular formula is C33H36FN3O6. The summed E-state index contributed by atoms with van der Waals surface area (Å²) in [4.78, 5) is 32.9. The summed E-state index contributed by atoms with van der Waals surface area (Å²) in [5.41, 5.74) is 6.18. The molecule has 2 aromatic carbocycles. The van der Waals surface area contributed by atoms with E-state index in [2.05, 4.69) is 4.90 Å². The topological polar surface area (TPSA) is 124 Å². The third-order valence-corrected chi connectivity index (χ3v) is 8.58. The number of pyridine rings is 1. The number of morpholine rings is 1. The number of benzene rings is 2. The lowest BCUT2D eigenvalue weighted by atomic mass is 9.81. The minimum atomic E-state index is -1.54. The molecule has 2 atom stereocenters. The smallest absolute Gasteiger partial charge is 0.231 e. The van der Waals surface area contributed by atoms with Crippen molar-refractivity contribution in [2.24, 2.45) is 5.73 Å². The van der Waals surface area contributed by atoms with Crippen molar-refractivity contribution in [1.82, 2.24) is 4.98 Å². The van der Waals surface area contributed by atoms with Gasteiger partial charge in [-0.3, -0.25) is 9.59 Å².